The van der Waals surface area contributed by atoms with Crippen molar-refractivity contribution in [3.05, 3.63) is 51.3 Å². The van der Waals surface area contributed by atoms with Crippen molar-refractivity contribution in [2.24, 2.45) is 0 Å². The number of sulfonamides is 1. The first-order valence-corrected chi connectivity index (χ1v) is 9.68. The molecule has 2 aromatic heterocycles. The molecule has 1 aromatic carbocycles. The number of aromatic nitrogens is 1. The van der Waals surface area contributed by atoms with Gasteiger partial charge in [0, 0.05) is 21.5 Å². The molecule has 25 heavy (non-hydrogen) atoms. The minimum atomic E-state index is -3.82. The molecule has 0 amide bonds. The summed E-state index contributed by atoms with van der Waals surface area (Å²) >= 11 is 1.39. The minimum absolute atomic E-state index is 0.190. The Kier molecular flexibility index (Phi) is 4.37. The molecule has 1 N–H and O–H groups in total. The lowest BCUT2D eigenvalue weighted by Gasteiger charge is -2.09. The van der Waals surface area contributed by atoms with E-state index in [1.807, 2.05) is 13.0 Å². The summed E-state index contributed by atoms with van der Waals surface area (Å²) in [5, 5.41) is 12.7. The third kappa shape index (κ3) is 3.29. The van der Waals surface area contributed by atoms with Crippen molar-refractivity contribution >= 4 is 27.0 Å². The summed E-state index contributed by atoms with van der Waals surface area (Å²) in [6, 6.07) is 9.95. The van der Waals surface area contributed by atoms with E-state index in [9.17, 15) is 8.42 Å². The molecule has 0 fully saturated rings. The number of rotatable bonds is 4. The van der Waals surface area contributed by atoms with Crippen LogP contribution in [-0.4, -0.2) is 13.6 Å². The van der Waals surface area contributed by atoms with Crippen LogP contribution in [0.5, 0.6) is 0 Å². The van der Waals surface area contributed by atoms with Crippen LogP contribution in [0.25, 0.3) is 11.3 Å². The van der Waals surface area contributed by atoms with Crippen molar-refractivity contribution in [3.63, 3.8) is 0 Å². The zero-order valence-corrected chi connectivity index (χ0v) is 15.5. The van der Waals surface area contributed by atoms with Gasteiger partial charge >= 0.3 is 0 Å². The number of thiophene rings is 1. The average molecular weight is 373 g/mol. The molecule has 0 unspecified atom stereocenters. The van der Waals surface area contributed by atoms with Gasteiger partial charge in [0.2, 0.25) is 0 Å². The SMILES string of the molecule is Cc1cc(-c2c(C)sc(C)c2S(=O)(=O)Nc2ccc(C#N)cc2)on1. The van der Waals surface area contributed by atoms with Crippen molar-refractivity contribution in [2.75, 3.05) is 4.72 Å². The van der Waals surface area contributed by atoms with Gasteiger partial charge in [-0.15, -0.1) is 11.3 Å². The van der Waals surface area contributed by atoms with Crippen LogP contribution in [0, 0.1) is 32.1 Å². The first kappa shape index (κ1) is 17.2. The van der Waals surface area contributed by atoms with Crippen LogP contribution in [0.3, 0.4) is 0 Å². The smallest absolute Gasteiger partial charge is 0.263 e. The van der Waals surface area contributed by atoms with Crippen molar-refractivity contribution in [1.29, 1.82) is 5.26 Å². The predicted octanol–water partition coefficient (Wildman–Crippen LogP) is 4.00. The minimum Gasteiger partial charge on any atom is -0.356 e. The van der Waals surface area contributed by atoms with Crippen LogP contribution in [0.1, 0.15) is 21.0 Å². The Labute approximate surface area is 149 Å². The predicted molar refractivity (Wildman–Crippen MR) is 96.0 cm³/mol. The fourth-order valence-electron chi connectivity index (χ4n) is 2.57. The summed E-state index contributed by atoms with van der Waals surface area (Å²) in [4.78, 5) is 1.70. The Hall–Kier alpha value is -2.63. The molecule has 0 bridgehead atoms. The summed E-state index contributed by atoms with van der Waals surface area (Å²) in [5.74, 6) is 0.430. The highest BCUT2D eigenvalue weighted by Crippen LogP contribution is 2.39. The largest absolute Gasteiger partial charge is 0.356 e. The van der Waals surface area contributed by atoms with Crippen LogP contribution in [-0.2, 0) is 10.0 Å². The summed E-state index contributed by atoms with van der Waals surface area (Å²) in [6.07, 6.45) is 0. The Bertz CT molecular complexity index is 1070. The van der Waals surface area contributed by atoms with Gasteiger partial charge in [0.15, 0.2) is 5.76 Å². The Morgan fingerprint density at radius 3 is 2.40 bits per heavy atom. The van der Waals surface area contributed by atoms with Crippen LogP contribution < -0.4 is 4.72 Å². The zero-order valence-electron chi connectivity index (χ0n) is 13.8. The molecule has 0 saturated carbocycles. The number of nitrogens with one attached hydrogen (secondary N) is 1. The van der Waals surface area contributed by atoms with E-state index in [-0.39, 0.29) is 4.90 Å². The second kappa shape index (κ2) is 6.35. The Morgan fingerprint density at radius 1 is 1.16 bits per heavy atom. The lowest BCUT2D eigenvalue weighted by atomic mass is 10.2. The fraction of sp³-hybridized carbons (Fsp3) is 0.176. The molecule has 3 rings (SSSR count). The fourth-order valence-corrected chi connectivity index (χ4v) is 5.50. The highest BCUT2D eigenvalue weighted by molar-refractivity contribution is 7.93. The lowest BCUT2D eigenvalue weighted by molar-refractivity contribution is 0.426. The monoisotopic (exact) mass is 373 g/mol. The third-order valence-electron chi connectivity index (χ3n) is 3.61. The normalized spacial score (nSPS) is 11.3. The van der Waals surface area contributed by atoms with Gasteiger partial charge in [0.05, 0.1) is 22.9 Å². The van der Waals surface area contributed by atoms with Crippen molar-refractivity contribution < 1.29 is 12.9 Å². The number of nitrogens with zero attached hydrogens (tertiary/aromatic N) is 2. The summed E-state index contributed by atoms with van der Waals surface area (Å²) in [5.41, 5.74) is 2.07. The molecule has 0 atom stereocenters. The Balaban J connectivity index is 2.07. The number of hydrogen-bond acceptors (Lipinski definition) is 6. The highest BCUT2D eigenvalue weighted by Gasteiger charge is 2.28. The van der Waals surface area contributed by atoms with Crippen molar-refractivity contribution in [3.8, 4) is 17.4 Å². The maximum Gasteiger partial charge on any atom is 0.263 e. The quantitative estimate of drug-likeness (QED) is 0.745. The van der Waals surface area contributed by atoms with E-state index < -0.39 is 10.0 Å². The Morgan fingerprint density at radius 2 is 1.84 bits per heavy atom. The van der Waals surface area contributed by atoms with Crippen LogP contribution in [0.15, 0.2) is 39.8 Å². The number of hydrogen-bond donors (Lipinski definition) is 1. The molecule has 0 aliphatic rings. The summed E-state index contributed by atoms with van der Waals surface area (Å²) in [7, 11) is -3.82. The van der Waals surface area contributed by atoms with Gasteiger partial charge in [-0.2, -0.15) is 5.26 Å². The number of benzene rings is 1. The van der Waals surface area contributed by atoms with Gasteiger partial charge in [0.1, 0.15) is 4.90 Å². The summed E-state index contributed by atoms with van der Waals surface area (Å²) in [6.45, 7) is 5.40. The van der Waals surface area contributed by atoms with Gasteiger partial charge in [-0.3, -0.25) is 4.72 Å². The molecule has 3 aromatic rings. The number of aryl methyl sites for hydroxylation is 3. The second-order valence-electron chi connectivity index (χ2n) is 5.55. The molecule has 0 saturated heterocycles. The number of nitriles is 1. The second-order valence-corrected chi connectivity index (χ2v) is 8.59. The standard InChI is InChI=1S/C17H15N3O3S2/c1-10-8-15(23-19-10)16-11(2)24-12(3)17(16)25(21,22)20-14-6-4-13(9-18)5-7-14/h4-8,20H,1-3H3. The van der Waals surface area contributed by atoms with E-state index in [1.165, 1.54) is 11.3 Å². The topological polar surface area (TPSA) is 96.0 Å². The molecule has 8 heteroatoms. The van der Waals surface area contributed by atoms with Crippen LogP contribution >= 0.6 is 11.3 Å². The molecule has 128 valence electrons. The van der Waals surface area contributed by atoms with Gasteiger partial charge in [-0.1, -0.05) is 5.16 Å². The van der Waals surface area contributed by atoms with E-state index in [0.717, 1.165) is 4.88 Å². The molecule has 0 aliphatic carbocycles. The zero-order chi connectivity index (χ0) is 18.2. The van der Waals surface area contributed by atoms with E-state index in [1.54, 1.807) is 44.2 Å². The molecule has 2 heterocycles. The first-order valence-electron chi connectivity index (χ1n) is 7.38. The van der Waals surface area contributed by atoms with Gasteiger partial charge in [0.25, 0.3) is 10.0 Å². The first-order chi connectivity index (χ1) is 11.8. The van der Waals surface area contributed by atoms with Crippen LogP contribution in [0.4, 0.5) is 5.69 Å². The molecule has 0 spiro atoms. The van der Waals surface area contributed by atoms with Gasteiger partial charge < -0.3 is 4.52 Å². The van der Waals surface area contributed by atoms with Gasteiger partial charge in [-0.05, 0) is 45.0 Å². The summed E-state index contributed by atoms with van der Waals surface area (Å²) < 4.78 is 33.8. The average Bonchev–Trinajstić information content (AvgIpc) is 3.10. The molecule has 6 nitrogen and oxygen atoms in total. The highest BCUT2D eigenvalue weighted by atomic mass is 32.2. The number of anilines is 1. The van der Waals surface area contributed by atoms with Gasteiger partial charge in [-0.25, -0.2) is 8.42 Å². The van der Waals surface area contributed by atoms with E-state index in [0.29, 0.717) is 33.1 Å². The molecular weight excluding hydrogens is 358 g/mol. The lowest BCUT2D eigenvalue weighted by Crippen LogP contribution is -2.14. The molecule has 0 radical (unpaired) electrons. The third-order valence-corrected chi connectivity index (χ3v) is 6.32. The maximum atomic E-state index is 13.0. The van der Waals surface area contributed by atoms with E-state index in [2.05, 4.69) is 9.88 Å². The van der Waals surface area contributed by atoms with Crippen molar-refractivity contribution in [2.45, 2.75) is 25.7 Å². The molecule has 0 aliphatic heterocycles. The maximum absolute atomic E-state index is 13.0. The van der Waals surface area contributed by atoms with Crippen molar-refractivity contribution in [1.82, 2.24) is 5.16 Å². The molecular formula is C17H15N3O3S2. The van der Waals surface area contributed by atoms with E-state index in [4.69, 9.17) is 9.78 Å². The van der Waals surface area contributed by atoms with E-state index >= 15 is 0 Å². The van der Waals surface area contributed by atoms with Crippen LogP contribution in [0.2, 0.25) is 0 Å².